The number of ether oxygens (including phenoxy) is 45. The molecule has 148 heavy (non-hydrogen) atoms. The summed E-state index contributed by atoms with van der Waals surface area (Å²) in [6, 6.07) is 0. The zero-order valence-corrected chi connectivity index (χ0v) is 89.9. The first-order valence-electron chi connectivity index (χ1n) is 52.7. The Kier molecular flexibility index (Phi) is 132. The fraction of sp³-hybridized carbons (Fsp3) is 0.980. The Morgan fingerprint density at radius 1 is 0.155 bits per heavy atom. The summed E-state index contributed by atoms with van der Waals surface area (Å²) in [7, 11) is 0. The van der Waals surface area contributed by atoms with Gasteiger partial charge in [0.1, 0.15) is 6.10 Å². The standard InChI is InChI=1S/C98H196N2O48/c1-94(91-99)97(102)147-5-3-96(148-98(103)95(2)92-100)93-146-90-89-145-88-87-144-86-85-143-84-83-142-82-81-141-80-79-140-78-77-139-76-75-138-74-73-137-72-71-136-70-69-135-68-67-134-66-65-133-64-63-132-62-61-131-60-59-130-58-57-129-56-55-128-54-53-127-52-51-126-50-49-125-48-47-124-46-45-123-44-43-122-42-41-121-40-39-120-38-37-119-36-35-118-34-33-117-32-31-116-30-29-115-28-27-114-26-25-113-24-23-112-22-21-111-20-19-110-18-17-109-16-15-108-14-13-107-12-11-106-10-9-105-8-7-104-6-4-101/h94-96,101H,3-93,99-100H2,1-2H3. The lowest BCUT2D eigenvalue weighted by molar-refractivity contribution is -0.159. The predicted octanol–water partition coefficient (Wildman–Crippen LogP) is -0.273. The van der Waals surface area contributed by atoms with Gasteiger partial charge in [0.05, 0.1) is 593 Å². The van der Waals surface area contributed by atoms with E-state index in [1.54, 1.807) is 13.8 Å². The summed E-state index contributed by atoms with van der Waals surface area (Å²) >= 11 is 0. The molecule has 50 heteroatoms. The molecule has 0 saturated heterocycles. The molecule has 0 rings (SSSR count). The Labute approximate surface area is 880 Å². The number of aliphatic hydroxyl groups excluding tert-OH is 1. The maximum absolute atomic E-state index is 12.2. The smallest absolute Gasteiger partial charge is 0.310 e. The number of carbonyl (C=O) groups excluding carboxylic acids is 2. The highest BCUT2D eigenvalue weighted by Crippen LogP contribution is 2.09. The molecule has 0 amide bonds. The summed E-state index contributed by atoms with van der Waals surface area (Å²) in [5, 5.41) is 8.63. The highest BCUT2D eigenvalue weighted by Gasteiger charge is 2.22. The fourth-order valence-electron chi connectivity index (χ4n) is 10.6. The van der Waals surface area contributed by atoms with Crippen molar-refractivity contribution in [2.75, 3.05) is 594 Å². The van der Waals surface area contributed by atoms with E-state index in [1.807, 2.05) is 0 Å². The largest absolute Gasteiger partial charge is 0.465 e. The Morgan fingerprint density at radius 2 is 0.257 bits per heavy atom. The molecule has 886 valence electrons. The van der Waals surface area contributed by atoms with E-state index in [0.29, 0.717) is 555 Å². The fourth-order valence-corrected chi connectivity index (χ4v) is 10.6. The number of esters is 2. The van der Waals surface area contributed by atoms with Gasteiger partial charge in [0.15, 0.2) is 0 Å². The summed E-state index contributed by atoms with van der Waals surface area (Å²) < 4.78 is 248. The topological polar surface area (TPSA) is 522 Å². The molecular formula is C98H196N2O48. The van der Waals surface area contributed by atoms with Crippen LogP contribution in [0.1, 0.15) is 20.3 Å². The van der Waals surface area contributed by atoms with Gasteiger partial charge in [-0.3, -0.25) is 9.59 Å². The van der Waals surface area contributed by atoms with E-state index in [1.165, 1.54) is 0 Å². The molecule has 3 atom stereocenters. The second kappa shape index (κ2) is 135. The second-order valence-electron chi connectivity index (χ2n) is 30.8. The van der Waals surface area contributed by atoms with Gasteiger partial charge in [0, 0.05) is 19.5 Å². The van der Waals surface area contributed by atoms with E-state index in [2.05, 4.69) is 0 Å². The maximum atomic E-state index is 12.2. The van der Waals surface area contributed by atoms with Crippen LogP contribution in [0.25, 0.3) is 0 Å². The Morgan fingerprint density at radius 3 is 0.365 bits per heavy atom. The second-order valence-corrected chi connectivity index (χ2v) is 30.8. The Bertz CT molecular complexity index is 2270. The third-order valence-electron chi connectivity index (χ3n) is 18.6. The molecule has 0 saturated carbocycles. The molecule has 0 spiro atoms. The van der Waals surface area contributed by atoms with E-state index < -0.39 is 29.9 Å². The van der Waals surface area contributed by atoms with Crippen molar-refractivity contribution in [1.82, 2.24) is 0 Å². The van der Waals surface area contributed by atoms with Crippen LogP contribution in [-0.2, 0) is 223 Å². The van der Waals surface area contributed by atoms with Crippen LogP contribution >= 0.6 is 0 Å². The van der Waals surface area contributed by atoms with Gasteiger partial charge in [-0.05, 0) is 0 Å². The average molecular weight is 2170 g/mol. The normalized spacial score (nSPS) is 12.4. The van der Waals surface area contributed by atoms with Gasteiger partial charge in [-0.15, -0.1) is 0 Å². The van der Waals surface area contributed by atoms with Crippen LogP contribution in [0.3, 0.4) is 0 Å². The molecule has 0 aromatic carbocycles. The first kappa shape index (κ1) is 145. The van der Waals surface area contributed by atoms with Gasteiger partial charge in [-0.25, -0.2) is 0 Å². The molecule has 0 bridgehead atoms. The quantitative estimate of drug-likeness (QED) is 0.0521. The van der Waals surface area contributed by atoms with Crippen LogP contribution in [0, 0.1) is 11.8 Å². The minimum absolute atomic E-state index is 0.0134. The van der Waals surface area contributed by atoms with Gasteiger partial charge >= 0.3 is 11.9 Å². The van der Waals surface area contributed by atoms with Crippen LogP contribution in [0.2, 0.25) is 0 Å². The molecule has 0 aliphatic rings. The maximum Gasteiger partial charge on any atom is 0.310 e. The molecule has 3 unspecified atom stereocenters. The number of hydrogen-bond donors (Lipinski definition) is 3. The highest BCUT2D eigenvalue weighted by atomic mass is 16.7. The third-order valence-corrected chi connectivity index (χ3v) is 18.6. The molecule has 0 radical (unpaired) electrons. The molecule has 0 fully saturated rings. The van der Waals surface area contributed by atoms with Crippen molar-refractivity contribution in [3.63, 3.8) is 0 Å². The van der Waals surface area contributed by atoms with Crippen molar-refractivity contribution < 1.29 is 228 Å². The van der Waals surface area contributed by atoms with Gasteiger partial charge in [-0.1, -0.05) is 13.8 Å². The van der Waals surface area contributed by atoms with Crippen molar-refractivity contribution in [3.05, 3.63) is 0 Å². The van der Waals surface area contributed by atoms with Crippen molar-refractivity contribution >= 4 is 11.9 Å². The Balaban J connectivity index is 3.16. The van der Waals surface area contributed by atoms with Crippen LogP contribution in [0.15, 0.2) is 0 Å². The van der Waals surface area contributed by atoms with Gasteiger partial charge in [0.25, 0.3) is 0 Å². The number of aliphatic hydroxyl groups is 1. The molecule has 0 aliphatic heterocycles. The van der Waals surface area contributed by atoms with Crippen LogP contribution < -0.4 is 11.5 Å². The number of hydrogen-bond acceptors (Lipinski definition) is 50. The zero-order chi connectivity index (χ0) is 106. The first-order valence-corrected chi connectivity index (χ1v) is 52.7. The minimum Gasteiger partial charge on any atom is -0.465 e. The predicted molar refractivity (Wildman–Crippen MR) is 534 cm³/mol. The van der Waals surface area contributed by atoms with E-state index in [0.717, 1.165) is 0 Å². The molecule has 0 aromatic heterocycles. The van der Waals surface area contributed by atoms with Crippen LogP contribution in [-0.4, -0.2) is 618 Å². The highest BCUT2D eigenvalue weighted by molar-refractivity contribution is 5.73. The SMILES string of the molecule is CC(CN)C(=O)OCCC(COCCOCCOCCOCCOCCOCCOCCOCCOCCOCCOCCOCCOCCOCCOCCOCCOCCOCCOCCOCCOCCOCCOCCOCCOCCOCCOCCOCCOCCOCCOCCOCCOCCOCCOCCOCCOCCOCCOCCOCCOCCOCCOCCO)OC(=O)C(C)CN. The third kappa shape index (κ3) is 128. The summed E-state index contributed by atoms with van der Waals surface area (Å²) in [5.41, 5.74) is 11.1. The average Bonchev–Trinajstić information content (AvgIpc) is 0.927. The molecular weight excluding hydrogens is 1970 g/mol. The lowest BCUT2D eigenvalue weighted by atomic mass is 10.2. The van der Waals surface area contributed by atoms with Gasteiger partial charge in [-0.2, -0.15) is 0 Å². The van der Waals surface area contributed by atoms with E-state index in [4.69, 9.17) is 230 Å². The van der Waals surface area contributed by atoms with Crippen LogP contribution in [0.5, 0.6) is 0 Å². The van der Waals surface area contributed by atoms with E-state index in [-0.39, 0.29) is 45.9 Å². The van der Waals surface area contributed by atoms with Crippen molar-refractivity contribution in [1.29, 1.82) is 0 Å². The summed E-state index contributed by atoms with van der Waals surface area (Å²) in [5.74, 6) is -1.71. The van der Waals surface area contributed by atoms with Crippen LogP contribution in [0.4, 0.5) is 0 Å². The van der Waals surface area contributed by atoms with Crippen molar-refractivity contribution in [2.45, 2.75) is 26.4 Å². The number of nitrogens with two attached hydrogens (primary N) is 2. The lowest BCUT2D eigenvalue weighted by Gasteiger charge is -2.20. The summed E-state index contributed by atoms with van der Waals surface area (Å²) in [6.45, 7) is 43.1. The minimum atomic E-state index is -0.599. The Hall–Kier alpha value is -2.90. The molecule has 0 heterocycles. The molecule has 50 nitrogen and oxygen atoms in total. The van der Waals surface area contributed by atoms with E-state index >= 15 is 0 Å². The van der Waals surface area contributed by atoms with Crippen molar-refractivity contribution in [2.24, 2.45) is 23.3 Å². The molecule has 5 N–H and O–H groups in total. The molecule has 0 aliphatic carbocycles. The van der Waals surface area contributed by atoms with Gasteiger partial charge in [0.2, 0.25) is 0 Å². The van der Waals surface area contributed by atoms with Gasteiger partial charge < -0.3 is 230 Å². The number of rotatable bonds is 138. The molecule has 0 aromatic rings. The lowest BCUT2D eigenvalue weighted by Crippen LogP contribution is -2.32. The van der Waals surface area contributed by atoms with E-state index in [9.17, 15) is 9.59 Å². The monoisotopic (exact) mass is 2170 g/mol. The number of carbonyl (C=O) groups is 2. The van der Waals surface area contributed by atoms with Crippen molar-refractivity contribution in [3.8, 4) is 0 Å². The zero-order valence-electron chi connectivity index (χ0n) is 89.9. The first-order chi connectivity index (χ1) is 73.5. The summed E-state index contributed by atoms with van der Waals surface area (Å²) in [4.78, 5) is 24.2. The summed E-state index contributed by atoms with van der Waals surface area (Å²) in [6.07, 6.45) is -0.318.